The maximum absolute atomic E-state index is 12.4. The Kier molecular flexibility index (Phi) is 21.3. The Bertz CT molecular complexity index is 1670. The number of nitrogens with one attached hydrogen (secondary N) is 1. The molecule has 0 spiro atoms. The molecular formula is C47H60Cl2N2O6P+. The Morgan fingerprint density at radius 2 is 1.02 bits per heavy atom. The highest BCUT2D eigenvalue weighted by Gasteiger charge is 2.44. The second-order valence-corrected chi connectivity index (χ2v) is 19.7. The van der Waals surface area contributed by atoms with Crippen LogP contribution in [0.3, 0.4) is 0 Å². The molecule has 0 bridgehead atoms. The number of nitro benzene ring substituents is 1. The summed E-state index contributed by atoms with van der Waals surface area (Å²) >= 11 is 11.3. The van der Waals surface area contributed by atoms with Crippen LogP contribution in [0.1, 0.15) is 114 Å². The van der Waals surface area contributed by atoms with Crippen LogP contribution in [0.4, 0.5) is 5.69 Å². The third-order valence-electron chi connectivity index (χ3n) is 10.7. The zero-order valence-corrected chi connectivity index (χ0v) is 36.0. The van der Waals surface area contributed by atoms with Crippen LogP contribution in [0.25, 0.3) is 0 Å². The Morgan fingerprint density at radius 1 is 0.621 bits per heavy atom. The number of aliphatic hydroxyl groups excluding tert-OH is 1. The van der Waals surface area contributed by atoms with Gasteiger partial charge in [0.25, 0.3) is 11.6 Å². The summed E-state index contributed by atoms with van der Waals surface area (Å²) in [5.74, 6) is -1.18. The number of benzene rings is 4. The Labute approximate surface area is 355 Å². The smallest absolute Gasteiger partial charge is 0.305 e. The van der Waals surface area contributed by atoms with Gasteiger partial charge >= 0.3 is 5.97 Å². The van der Waals surface area contributed by atoms with Gasteiger partial charge in [-0.3, -0.25) is 19.7 Å². The number of nitrogens with zero attached hydrogens (tertiary/aromatic N) is 1. The number of amides is 1. The van der Waals surface area contributed by atoms with Gasteiger partial charge in [0.05, 0.1) is 17.1 Å². The summed E-state index contributed by atoms with van der Waals surface area (Å²) in [6, 6.07) is 37.8. The molecule has 0 heterocycles. The molecule has 2 N–H and O–H groups in total. The first kappa shape index (κ1) is 46.9. The van der Waals surface area contributed by atoms with Gasteiger partial charge in [0.15, 0.2) is 4.84 Å². The van der Waals surface area contributed by atoms with Gasteiger partial charge in [-0.25, -0.2) is 0 Å². The van der Waals surface area contributed by atoms with Crippen molar-refractivity contribution in [3.63, 3.8) is 0 Å². The first-order valence-corrected chi connectivity index (χ1v) is 23.8. The monoisotopic (exact) mass is 849 g/mol. The molecule has 11 heteroatoms. The van der Waals surface area contributed by atoms with Crippen LogP contribution < -0.4 is 21.2 Å². The van der Waals surface area contributed by atoms with Gasteiger partial charge in [-0.1, -0.05) is 155 Å². The number of aliphatic hydroxyl groups is 1. The highest BCUT2D eigenvalue weighted by molar-refractivity contribution is 7.95. The number of hydrogen-bond donors (Lipinski definition) is 2. The number of unbranched alkanes of at least 4 members (excludes halogenated alkanes) is 14. The van der Waals surface area contributed by atoms with E-state index in [0.29, 0.717) is 12.0 Å². The highest BCUT2D eigenvalue weighted by Crippen LogP contribution is 2.56. The van der Waals surface area contributed by atoms with Crippen LogP contribution in [0.2, 0.25) is 0 Å². The molecule has 2 atom stereocenters. The average molecular weight is 851 g/mol. The van der Waals surface area contributed by atoms with Crippen molar-refractivity contribution in [1.82, 2.24) is 5.32 Å². The van der Waals surface area contributed by atoms with Crippen molar-refractivity contribution in [3.8, 4) is 0 Å². The number of rotatable bonds is 28. The van der Waals surface area contributed by atoms with E-state index < -0.39 is 41.0 Å². The minimum atomic E-state index is -1.73. The molecule has 58 heavy (non-hydrogen) atoms. The Hall–Kier alpha value is -3.81. The number of nitro groups is 1. The lowest BCUT2D eigenvalue weighted by Gasteiger charge is -2.27. The van der Waals surface area contributed by atoms with E-state index in [2.05, 4.69) is 96.3 Å². The molecule has 0 aliphatic rings. The van der Waals surface area contributed by atoms with Crippen molar-refractivity contribution in [1.29, 1.82) is 0 Å². The van der Waals surface area contributed by atoms with Crippen LogP contribution in [0.5, 0.6) is 0 Å². The molecular weight excluding hydrogens is 790 g/mol. The maximum atomic E-state index is 12.4. The number of esters is 1. The minimum Gasteiger partial charge on any atom is -0.463 e. The minimum absolute atomic E-state index is 0.140. The molecule has 312 valence electrons. The molecule has 8 nitrogen and oxygen atoms in total. The van der Waals surface area contributed by atoms with Crippen molar-refractivity contribution in [2.75, 3.05) is 12.8 Å². The fourth-order valence-corrected chi connectivity index (χ4v) is 12.1. The Morgan fingerprint density at radius 3 is 1.41 bits per heavy atom. The predicted molar refractivity (Wildman–Crippen MR) is 240 cm³/mol. The lowest BCUT2D eigenvalue weighted by molar-refractivity contribution is -0.384. The fourth-order valence-electron chi connectivity index (χ4n) is 7.54. The first-order valence-electron chi connectivity index (χ1n) is 20.9. The topological polar surface area (TPSA) is 119 Å². The largest absolute Gasteiger partial charge is 0.463 e. The van der Waals surface area contributed by atoms with Crippen LogP contribution in [-0.2, 0) is 14.3 Å². The molecule has 0 radical (unpaired) electrons. The Balaban J connectivity index is 1.03. The standard InChI is InChI=1S/C47H59Cl2N2O6P/c48-46(49)47(54)50-43(45(53)38-32-34-39(35-33-38)51(55)56)37-57-44(52)31-23-12-10-8-6-4-2-1-3-5-7-9-11-13-24-36-58(40-25-17-14-18-26-40,41-27-19-15-20-28-41)42-29-21-16-22-30-42/h14-22,25-30,32-35,43,45-46,53H,1-13,23-24,31,36-37H2/p+1/t43-,45+/m0/s1. The second kappa shape index (κ2) is 26.3. The molecule has 4 aromatic carbocycles. The van der Waals surface area contributed by atoms with Crippen molar-refractivity contribution < 1.29 is 24.4 Å². The summed E-state index contributed by atoms with van der Waals surface area (Å²) in [5, 5.41) is 28.7. The summed E-state index contributed by atoms with van der Waals surface area (Å²) in [7, 11) is -1.73. The molecule has 0 fully saturated rings. The molecule has 0 unspecified atom stereocenters. The van der Waals surface area contributed by atoms with E-state index in [1.54, 1.807) is 0 Å². The van der Waals surface area contributed by atoms with Crippen LogP contribution in [-0.4, -0.2) is 45.6 Å². The quantitative estimate of drug-likeness (QED) is 0.0147. The number of non-ortho nitro benzene ring substituents is 1. The molecule has 1 amide bonds. The van der Waals surface area contributed by atoms with Crippen molar-refractivity contribution in [3.05, 3.63) is 131 Å². The van der Waals surface area contributed by atoms with Gasteiger partial charge in [0.2, 0.25) is 0 Å². The van der Waals surface area contributed by atoms with Gasteiger partial charge < -0.3 is 15.2 Å². The number of halogens is 2. The van der Waals surface area contributed by atoms with E-state index in [1.165, 1.54) is 117 Å². The number of hydrogen-bond acceptors (Lipinski definition) is 6. The fraction of sp³-hybridized carbons (Fsp3) is 0.447. The molecule has 0 saturated carbocycles. The summed E-state index contributed by atoms with van der Waals surface area (Å²) in [5.41, 5.74) is 0.166. The summed E-state index contributed by atoms with van der Waals surface area (Å²) in [6.45, 7) is -0.301. The van der Waals surface area contributed by atoms with Gasteiger partial charge in [0.1, 0.15) is 35.9 Å². The van der Waals surface area contributed by atoms with Crippen molar-refractivity contribution >= 4 is 63.9 Å². The summed E-state index contributed by atoms with van der Waals surface area (Å²) in [4.78, 5) is 33.6. The predicted octanol–water partition coefficient (Wildman–Crippen LogP) is 10.7. The van der Waals surface area contributed by atoms with E-state index in [1.807, 2.05) is 0 Å². The molecule has 0 aromatic heterocycles. The second-order valence-electron chi connectivity index (χ2n) is 15.0. The van der Waals surface area contributed by atoms with E-state index >= 15 is 0 Å². The van der Waals surface area contributed by atoms with Crippen LogP contribution in [0, 0.1) is 10.1 Å². The van der Waals surface area contributed by atoms with E-state index in [9.17, 15) is 24.8 Å². The number of carbonyl (C=O) groups is 2. The van der Waals surface area contributed by atoms with Crippen LogP contribution in [0.15, 0.2) is 115 Å². The lowest BCUT2D eigenvalue weighted by atomic mass is 10.0. The molecule has 4 aromatic rings. The zero-order valence-electron chi connectivity index (χ0n) is 33.6. The average Bonchev–Trinajstić information content (AvgIpc) is 3.25. The van der Waals surface area contributed by atoms with Crippen LogP contribution >= 0.6 is 30.5 Å². The first-order chi connectivity index (χ1) is 28.2. The zero-order chi connectivity index (χ0) is 41.4. The molecule has 0 aliphatic heterocycles. The number of alkyl halides is 2. The summed E-state index contributed by atoms with van der Waals surface area (Å²) < 4.78 is 5.36. The van der Waals surface area contributed by atoms with Gasteiger partial charge in [-0.2, -0.15) is 0 Å². The van der Waals surface area contributed by atoms with E-state index in [-0.39, 0.29) is 18.7 Å². The van der Waals surface area contributed by atoms with Gasteiger partial charge in [0, 0.05) is 18.6 Å². The number of carbonyl (C=O) groups excluding carboxylic acids is 2. The normalized spacial score (nSPS) is 12.6. The molecule has 0 saturated heterocycles. The number of ether oxygens (including phenoxy) is 1. The summed E-state index contributed by atoms with van der Waals surface area (Å²) in [6.07, 6.45) is 18.0. The van der Waals surface area contributed by atoms with Gasteiger partial charge in [-0.15, -0.1) is 0 Å². The highest BCUT2D eigenvalue weighted by atomic mass is 35.5. The van der Waals surface area contributed by atoms with Crippen molar-refractivity contribution in [2.24, 2.45) is 0 Å². The molecule has 4 rings (SSSR count). The third kappa shape index (κ3) is 15.4. The van der Waals surface area contributed by atoms with Crippen molar-refractivity contribution in [2.45, 2.75) is 120 Å². The molecule has 0 aliphatic carbocycles. The van der Waals surface area contributed by atoms with E-state index in [0.717, 1.165) is 19.3 Å². The third-order valence-corrected chi connectivity index (χ3v) is 15.7. The van der Waals surface area contributed by atoms with E-state index in [4.69, 9.17) is 27.9 Å². The van der Waals surface area contributed by atoms with Gasteiger partial charge in [-0.05, 0) is 73.4 Å². The lowest BCUT2D eigenvalue weighted by Crippen LogP contribution is -2.45. The maximum Gasteiger partial charge on any atom is 0.305 e. The SMILES string of the molecule is O=C(CCCCCCCCCCCCCCCCC[P+](c1ccccc1)(c1ccccc1)c1ccccc1)OC[C@H](NC(=O)C(Cl)Cl)[C@H](O)c1ccc([N+](=O)[O-])cc1.